The first-order chi connectivity index (χ1) is 8.20. The Balaban J connectivity index is 2.13. The van der Waals surface area contributed by atoms with Gasteiger partial charge in [0.05, 0.1) is 0 Å². The maximum atomic E-state index is 4.64. The molecule has 0 radical (unpaired) electrons. The summed E-state index contributed by atoms with van der Waals surface area (Å²) in [7, 11) is 0. The van der Waals surface area contributed by atoms with Crippen LogP contribution in [0.15, 0.2) is 6.07 Å². The standard InChI is InChI=1S/C14H23N3/c1-4-7-15-9-13-10(2)8-11(3)16-14(13)17-12-5-6-12/h8,12,15H,4-7,9H2,1-3H3,(H,16,17). The minimum Gasteiger partial charge on any atom is -0.367 e. The summed E-state index contributed by atoms with van der Waals surface area (Å²) in [5.74, 6) is 1.09. The van der Waals surface area contributed by atoms with Crippen LogP contribution in [-0.2, 0) is 6.54 Å². The molecule has 0 amide bonds. The van der Waals surface area contributed by atoms with Crippen molar-refractivity contribution in [2.24, 2.45) is 0 Å². The summed E-state index contributed by atoms with van der Waals surface area (Å²) >= 11 is 0. The second kappa shape index (κ2) is 5.50. The molecule has 1 aliphatic carbocycles. The van der Waals surface area contributed by atoms with Crippen molar-refractivity contribution in [2.75, 3.05) is 11.9 Å². The molecule has 0 spiro atoms. The number of pyridine rings is 1. The number of aryl methyl sites for hydroxylation is 2. The zero-order valence-electron chi connectivity index (χ0n) is 11.1. The van der Waals surface area contributed by atoms with Gasteiger partial charge in [0.1, 0.15) is 5.82 Å². The van der Waals surface area contributed by atoms with Gasteiger partial charge in [-0.1, -0.05) is 6.92 Å². The third-order valence-corrected chi connectivity index (χ3v) is 3.12. The van der Waals surface area contributed by atoms with E-state index in [0.717, 1.165) is 24.6 Å². The second-order valence-corrected chi connectivity index (χ2v) is 5.00. The Kier molecular flexibility index (Phi) is 4.00. The van der Waals surface area contributed by atoms with Crippen LogP contribution < -0.4 is 10.6 Å². The smallest absolute Gasteiger partial charge is 0.131 e. The Morgan fingerprint density at radius 2 is 2.12 bits per heavy atom. The monoisotopic (exact) mass is 233 g/mol. The molecule has 0 aliphatic heterocycles. The van der Waals surface area contributed by atoms with Crippen LogP contribution in [0.2, 0.25) is 0 Å². The van der Waals surface area contributed by atoms with Crippen LogP contribution in [0.4, 0.5) is 5.82 Å². The highest BCUT2D eigenvalue weighted by Gasteiger charge is 2.23. The van der Waals surface area contributed by atoms with E-state index in [9.17, 15) is 0 Å². The summed E-state index contributed by atoms with van der Waals surface area (Å²) in [6.45, 7) is 8.42. The van der Waals surface area contributed by atoms with E-state index in [-0.39, 0.29) is 0 Å². The van der Waals surface area contributed by atoms with Crippen LogP contribution in [0.25, 0.3) is 0 Å². The van der Waals surface area contributed by atoms with Crippen LogP contribution in [-0.4, -0.2) is 17.6 Å². The van der Waals surface area contributed by atoms with E-state index in [1.165, 1.54) is 30.4 Å². The van der Waals surface area contributed by atoms with E-state index >= 15 is 0 Å². The normalized spacial score (nSPS) is 15.0. The van der Waals surface area contributed by atoms with Crippen molar-refractivity contribution in [3.05, 3.63) is 22.9 Å². The topological polar surface area (TPSA) is 37.0 Å². The van der Waals surface area contributed by atoms with Gasteiger partial charge in [0, 0.05) is 23.8 Å². The van der Waals surface area contributed by atoms with Gasteiger partial charge in [-0.05, 0) is 51.3 Å². The summed E-state index contributed by atoms with van der Waals surface area (Å²) in [6, 6.07) is 2.83. The third-order valence-electron chi connectivity index (χ3n) is 3.12. The second-order valence-electron chi connectivity index (χ2n) is 5.00. The first-order valence-electron chi connectivity index (χ1n) is 6.65. The Morgan fingerprint density at radius 1 is 1.35 bits per heavy atom. The predicted octanol–water partition coefficient (Wildman–Crippen LogP) is 2.77. The number of rotatable bonds is 6. The van der Waals surface area contributed by atoms with Crippen molar-refractivity contribution in [1.29, 1.82) is 0 Å². The molecular weight excluding hydrogens is 210 g/mol. The highest BCUT2D eigenvalue weighted by Crippen LogP contribution is 2.27. The number of aromatic nitrogens is 1. The molecule has 1 aromatic heterocycles. The van der Waals surface area contributed by atoms with Crippen molar-refractivity contribution >= 4 is 5.82 Å². The first-order valence-corrected chi connectivity index (χ1v) is 6.65. The van der Waals surface area contributed by atoms with Gasteiger partial charge in [0.15, 0.2) is 0 Å². The lowest BCUT2D eigenvalue weighted by atomic mass is 10.1. The molecule has 1 aromatic rings. The quantitative estimate of drug-likeness (QED) is 0.742. The number of nitrogens with one attached hydrogen (secondary N) is 2. The van der Waals surface area contributed by atoms with Crippen LogP contribution in [0.3, 0.4) is 0 Å². The van der Waals surface area contributed by atoms with Crippen LogP contribution >= 0.6 is 0 Å². The molecule has 0 unspecified atom stereocenters. The molecule has 0 bridgehead atoms. The molecule has 3 nitrogen and oxygen atoms in total. The fourth-order valence-electron chi connectivity index (χ4n) is 2.02. The average molecular weight is 233 g/mol. The molecule has 1 saturated carbocycles. The van der Waals surface area contributed by atoms with E-state index in [1.807, 2.05) is 0 Å². The molecule has 0 saturated heterocycles. The number of hydrogen-bond donors (Lipinski definition) is 2. The van der Waals surface area contributed by atoms with Crippen molar-refractivity contribution in [3.63, 3.8) is 0 Å². The van der Waals surface area contributed by atoms with E-state index in [4.69, 9.17) is 0 Å². The average Bonchev–Trinajstić information content (AvgIpc) is 3.06. The summed E-state index contributed by atoms with van der Waals surface area (Å²) in [5, 5.41) is 7.01. The zero-order valence-corrected chi connectivity index (χ0v) is 11.1. The first kappa shape index (κ1) is 12.4. The molecule has 94 valence electrons. The van der Waals surface area contributed by atoms with E-state index in [1.54, 1.807) is 0 Å². The van der Waals surface area contributed by atoms with Crippen molar-refractivity contribution in [2.45, 2.75) is 52.6 Å². The summed E-state index contributed by atoms with van der Waals surface area (Å²) < 4.78 is 0. The molecule has 3 heteroatoms. The number of anilines is 1. The lowest BCUT2D eigenvalue weighted by Gasteiger charge is -2.15. The van der Waals surface area contributed by atoms with Gasteiger partial charge in [-0.2, -0.15) is 0 Å². The molecule has 2 rings (SSSR count). The van der Waals surface area contributed by atoms with Gasteiger partial charge in [0.25, 0.3) is 0 Å². The van der Waals surface area contributed by atoms with Crippen molar-refractivity contribution < 1.29 is 0 Å². The largest absolute Gasteiger partial charge is 0.367 e. The Labute approximate surface area is 104 Å². The van der Waals surface area contributed by atoms with Gasteiger partial charge in [0.2, 0.25) is 0 Å². The minimum absolute atomic E-state index is 0.661. The van der Waals surface area contributed by atoms with Gasteiger partial charge in [-0.25, -0.2) is 4.98 Å². The SMILES string of the molecule is CCCNCc1c(C)cc(C)nc1NC1CC1. The molecule has 1 aliphatic rings. The Bertz CT molecular complexity index is 383. The van der Waals surface area contributed by atoms with Gasteiger partial charge >= 0.3 is 0 Å². The van der Waals surface area contributed by atoms with E-state index in [0.29, 0.717) is 6.04 Å². The molecule has 0 aromatic carbocycles. The van der Waals surface area contributed by atoms with Gasteiger partial charge < -0.3 is 10.6 Å². The molecule has 17 heavy (non-hydrogen) atoms. The van der Waals surface area contributed by atoms with Crippen LogP contribution in [0.5, 0.6) is 0 Å². The highest BCUT2D eigenvalue weighted by atomic mass is 15.0. The molecule has 1 heterocycles. The van der Waals surface area contributed by atoms with Gasteiger partial charge in [-0.15, -0.1) is 0 Å². The fraction of sp³-hybridized carbons (Fsp3) is 0.643. The van der Waals surface area contributed by atoms with Crippen molar-refractivity contribution in [3.8, 4) is 0 Å². The molecular formula is C14H23N3. The lowest BCUT2D eigenvalue weighted by Crippen LogP contribution is -2.18. The van der Waals surface area contributed by atoms with Gasteiger partial charge in [-0.3, -0.25) is 0 Å². The summed E-state index contributed by atoms with van der Waals surface area (Å²) in [6.07, 6.45) is 3.75. The Morgan fingerprint density at radius 3 is 2.76 bits per heavy atom. The molecule has 1 fully saturated rings. The molecule has 2 N–H and O–H groups in total. The number of nitrogens with zero attached hydrogens (tertiary/aromatic N) is 1. The third kappa shape index (κ3) is 3.43. The van der Waals surface area contributed by atoms with Crippen molar-refractivity contribution in [1.82, 2.24) is 10.3 Å². The van der Waals surface area contributed by atoms with Crippen LogP contribution in [0.1, 0.15) is 43.0 Å². The van der Waals surface area contributed by atoms with Crippen LogP contribution in [0, 0.1) is 13.8 Å². The van der Waals surface area contributed by atoms with E-state index < -0.39 is 0 Å². The fourth-order valence-corrected chi connectivity index (χ4v) is 2.02. The maximum Gasteiger partial charge on any atom is 0.131 e. The summed E-state index contributed by atoms with van der Waals surface area (Å²) in [5.41, 5.74) is 3.77. The van der Waals surface area contributed by atoms with E-state index in [2.05, 4.69) is 42.5 Å². The Hall–Kier alpha value is -1.09. The maximum absolute atomic E-state index is 4.64. The minimum atomic E-state index is 0.661. The number of hydrogen-bond acceptors (Lipinski definition) is 3. The lowest BCUT2D eigenvalue weighted by molar-refractivity contribution is 0.672. The predicted molar refractivity (Wildman–Crippen MR) is 72.4 cm³/mol. The molecule has 0 atom stereocenters. The zero-order chi connectivity index (χ0) is 12.3. The highest BCUT2D eigenvalue weighted by molar-refractivity contribution is 5.50. The summed E-state index contributed by atoms with van der Waals surface area (Å²) in [4.78, 5) is 4.64.